The van der Waals surface area contributed by atoms with Gasteiger partial charge >= 0.3 is 0 Å². The van der Waals surface area contributed by atoms with Gasteiger partial charge in [0.2, 0.25) is 0 Å². The van der Waals surface area contributed by atoms with Crippen LogP contribution in [0.1, 0.15) is 37.7 Å². The molecule has 1 aromatic rings. The van der Waals surface area contributed by atoms with Gasteiger partial charge in [0.1, 0.15) is 0 Å². The highest BCUT2D eigenvalue weighted by Crippen LogP contribution is 2.24. The normalized spacial score (nSPS) is 18.4. The van der Waals surface area contributed by atoms with Crippen molar-refractivity contribution < 1.29 is 9.59 Å². The molecule has 1 saturated carbocycles. The minimum Gasteiger partial charge on any atom is -0.272 e. The lowest BCUT2D eigenvalue weighted by Crippen LogP contribution is -2.41. The van der Waals surface area contributed by atoms with Crippen molar-refractivity contribution in [2.75, 3.05) is 0 Å². The molecule has 3 nitrogen and oxygen atoms in total. The summed E-state index contributed by atoms with van der Waals surface area (Å²) in [6.07, 6.45) is 10.1. The highest BCUT2D eigenvalue weighted by Gasteiger charge is 2.31. The maximum atomic E-state index is 11.3. The molecule has 0 spiro atoms. The number of benzene rings is 1. The minimum atomic E-state index is -0.128. The topological polar surface area (TPSA) is 37.4 Å². The lowest BCUT2D eigenvalue weighted by atomic mass is 9.94. The lowest BCUT2D eigenvalue weighted by Gasteiger charge is -2.29. The molecule has 0 radical (unpaired) electrons. The van der Waals surface area contributed by atoms with Crippen LogP contribution >= 0.6 is 0 Å². The van der Waals surface area contributed by atoms with E-state index in [0.717, 1.165) is 25.7 Å². The Balaban J connectivity index is 0.000000173. The molecule has 1 aromatic carbocycles. The molecule has 0 aromatic heterocycles. The van der Waals surface area contributed by atoms with Crippen LogP contribution in [0.4, 0.5) is 0 Å². The van der Waals surface area contributed by atoms with Gasteiger partial charge in [-0.15, -0.1) is 0 Å². The Hall–Kier alpha value is -2.16. The highest BCUT2D eigenvalue weighted by atomic mass is 16.2. The van der Waals surface area contributed by atoms with Crippen molar-refractivity contribution in [3.05, 3.63) is 54.6 Å². The van der Waals surface area contributed by atoms with E-state index in [-0.39, 0.29) is 17.9 Å². The van der Waals surface area contributed by atoms with E-state index >= 15 is 0 Å². The number of nitrogens with zero attached hydrogens (tertiary/aromatic N) is 1. The van der Waals surface area contributed by atoms with E-state index < -0.39 is 0 Å². The monoisotopic (exact) mass is 283 g/mol. The zero-order valence-corrected chi connectivity index (χ0v) is 12.2. The van der Waals surface area contributed by atoms with Crippen LogP contribution in [0, 0.1) is 0 Å². The Morgan fingerprint density at radius 2 is 1.52 bits per heavy atom. The van der Waals surface area contributed by atoms with Gasteiger partial charge in [-0.25, -0.2) is 0 Å². The van der Waals surface area contributed by atoms with Gasteiger partial charge in [-0.1, -0.05) is 62.2 Å². The predicted molar refractivity (Wildman–Crippen MR) is 84.4 cm³/mol. The third kappa shape index (κ3) is 4.15. The largest absolute Gasteiger partial charge is 0.272 e. The maximum absolute atomic E-state index is 11.3. The molecule has 2 aliphatic rings. The number of hydrogen-bond acceptors (Lipinski definition) is 2. The molecule has 3 heteroatoms. The van der Waals surface area contributed by atoms with Crippen LogP contribution in [0.15, 0.2) is 49.1 Å². The van der Waals surface area contributed by atoms with Gasteiger partial charge in [0.05, 0.1) is 0 Å². The van der Waals surface area contributed by atoms with Crippen LogP contribution in [0.25, 0.3) is 6.08 Å². The second-order valence-corrected chi connectivity index (χ2v) is 5.29. The molecule has 3 rings (SSSR count). The van der Waals surface area contributed by atoms with Crippen LogP contribution in [-0.2, 0) is 9.59 Å². The summed E-state index contributed by atoms with van der Waals surface area (Å²) in [5.74, 6) is -0.256. The van der Waals surface area contributed by atoms with Gasteiger partial charge < -0.3 is 0 Å². The molecule has 1 heterocycles. The summed E-state index contributed by atoms with van der Waals surface area (Å²) < 4.78 is 0. The molecule has 1 fully saturated rings. The fourth-order valence-corrected chi connectivity index (χ4v) is 2.70. The van der Waals surface area contributed by atoms with E-state index in [0.29, 0.717) is 0 Å². The van der Waals surface area contributed by atoms with Gasteiger partial charge in [0.25, 0.3) is 11.8 Å². The Morgan fingerprint density at radius 1 is 0.952 bits per heavy atom. The van der Waals surface area contributed by atoms with Crippen molar-refractivity contribution in [3.63, 3.8) is 0 Å². The van der Waals surface area contributed by atoms with E-state index in [1.54, 1.807) is 0 Å². The second-order valence-electron chi connectivity index (χ2n) is 5.29. The van der Waals surface area contributed by atoms with Gasteiger partial charge in [0.15, 0.2) is 0 Å². The highest BCUT2D eigenvalue weighted by molar-refractivity contribution is 6.13. The zero-order chi connectivity index (χ0) is 15.1. The van der Waals surface area contributed by atoms with E-state index in [4.69, 9.17) is 0 Å². The third-order valence-corrected chi connectivity index (χ3v) is 3.82. The fraction of sp³-hybridized carbons (Fsp3) is 0.333. The number of rotatable bonds is 2. The van der Waals surface area contributed by atoms with Gasteiger partial charge in [-0.2, -0.15) is 0 Å². The van der Waals surface area contributed by atoms with Crippen LogP contribution in [0.3, 0.4) is 0 Å². The summed E-state index contributed by atoms with van der Waals surface area (Å²) in [6, 6.07) is 10.2. The summed E-state index contributed by atoms with van der Waals surface area (Å²) in [5.41, 5.74) is 1.17. The van der Waals surface area contributed by atoms with E-state index in [2.05, 4.69) is 6.58 Å². The first-order valence-corrected chi connectivity index (χ1v) is 7.45. The quantitative estimate of drug-likeness (QED) is 0.778. The molecule has 2 amide bonds. The summed E-state index contributed by atoms with van der Waals surface area (Å²) in [5, 5.41) is 0. The molecule has 110 valence electrons. The number of carbonyl (C=O) groups is 2. The van der Waals surface area contributed by atoms with Crippen LogP contribution in [0.5, 0.6) is 0 Å². The number of hydrogen-bond donors (Lipinski definition) is 0. The van der Waals surface area contributed by atoms with Crippen molar-refractivity contribution in [2.24, 2.45) is 0 Å². The van der Waals surface area contributed by atoms with Crippen LogP contribution in [0.2, 0.25) is 0 Å². The molecule has 0 unspecified atom stereocenters. The molecular weight excluding hydrogens is 262 g/mol. The standard InChI is InChI=1S/C10H13NO2.C8H8/c12-9-6-7-10(13)11(9)8-4-2-1-3-5-8;1-2-8-6-4-3-5-7-8/h6-8H,1-5H2;2-7H,1H2. The second kappa shape index (κ2) is 7.58. The zero-order valence-electron chi connectivity index (χ0n) is 12.2. The first kappa shape index (κ1) is 15.2. The Kier molecular flexibility index (Phi) is 5.50. The molecule has 0 saturated heterocycles. The number of imide groups is 1. The van der Waals surface area contributed by atoms with Crippen molar-refractivity contribution in [3.8, 4) is 0 Å². The molecule has 0 N–H and O–H groups in total. The minimum absolute atomic E-state index is 0.128. The molecular formula is C18H21NO2. The van der Waals surface area contributed by atoms with Gasteiger partial charge in [-0.05, 0) is 18.4 Å². The van der Waals surface area contributed by atoms with Crippen molar-refractivity contribution in [1.29, 1.82) is 0 Å². The SMILES string of the molecule is C=Cc1ccccc1.O=C1C=CC(=O)N1C1CCCCC1. The van der Waals surface area contributed by atoms with E-state index in [9.17, 15) is 9.59 Å². The van der Waals surface area contributed by atoms with E-state index in [1.165, 1.54) is 29.0 Å². The first-order chi connectivity index (χ1) is 10.2. The third-order valence-electron chi connectivity index (χ3n) is 3.82. The summed E-state index contributed by atoms with van der Waals surface area (Å²) in [7, 11) is 0. The maximum Gasteiger partial charge on any atom is 0.253 e. The average molecular weight is 283 g/mol. The summed E-state index contributed by atoms with van der Waals surface area (Å²) in [4.78, 5) is 24.0. The lowest BCUT2D eigenvalue weighted by molar-refractivity contribution is -0.140. The molecule has 21 heavy (non-hydrogen) atoms. The van der Waals surface area contributed by atoms with Gasteiger partial charge in [0, 0.05) is 18.2 Å². The number of carbonyl (C=O) groups excluding carboxylic acids is 2. The molecule has 0 atom stereocenters. The van der Waals surface area contributed by atoms with Crippen LogP contribution < -0.4 is 0 Å². The Morgan fingerprint density at radius 3 is 2.00 bits per heavy atom. The van der Waals surface area contributed by atoms with Gasteiger partial charge in [-0.3, -0.25) is 14.5 Å². The predicted octanol–water partition coefficient (Wildman–Crippen LogP) is 3.57. The van der Waals surface area contributed by atoms with Crippen LogP contribution in [-0.4, -0.2) is 22.8 Å². The average Bonchev–Trinajstić information content (AvgIpc) is 2.88. The molecule has 0 bridgehead atoms. The number of amides is 2. The van der Waals surface area contributed by atoms with Crippen molar-refractivity contribution in [2.45, 2.75) is 38.1 Å². The summed E-state index contributed by atoms with van der Waals surface area (Å²) >= 11 is 0. The smallest absolute Gasteiger partial charge is 0.253 e. The summed E-state index contributed by atoms with van der Waals surface area (Å²) in [6.45, 7) is 3.63. The first-order valence-electron chi connectivity index (χ1n) is 7.45. The van der Waals surface area contributed by atoms with Crippen molar-refractivity contribution in [1.82, 2.24) is 4.90 Å². The Labute approximate surface area is 126 Å². The fourth-order valence-electron chi connectivity index (χ4n) is 2.70. The Bertz CT molecular complexity index is 509. The molecule has 1 aliphatic carbocycles. The molecule has 1 aliphatic heterocycles. The van der Waals surface area contributed by atoms with E-state index in [1.807, 2.05) is 36.4 Å². The van der Waals surface area contributed by atoms with Crippen molar-refractivity contribution >= 4 is 17.9 Å².